The van der Waals surface area contributed by atoms with E-state index in [0.717, 1.165) is 25.9 Å². The summed E-state index contributed by atoms with van der Waals surface area (Å²) in [5, 5.41) is 6.83. The summed E-state index contributed by atoms with van der Waals surface area (Å²) in [6, 6.07) is 0. The van der Waals surface area contributed by atoms with Gasteiger partial charge in [0.25, 0.3) is 0 Å². The number of rotatable bonds is 3. The fraction of sp³-hybridized carbons (Fsp3) is 0.444. The maximum atomic E-state index is 12.8. The smallest absolute Gasteiger partial charge is 0.233 e. The van der Waals surface area contributed by atoms with Gasteiger partial charge in [-0.25, -0.2) is 4.99 Å². The van der Waals surface area contributed by atoms with E-state index in [4.69, 9.17) is 5.73 Å². The predicted molar refractivity (Wildman–Crippen MR) is 99.7 cm³/mol. The third-order valence-corrected chi connectivity index (χ3v) is 4.55. The van der Waals surface area contributed by atoms with E-state index in [1.54, 1.807) is 25.4 Å². The van der Waals surface area contributed by atoms with E-state index >= 15 is 0 Å². The molecule has 0 bridgehead atoms. The minimum atomic E-state index is -0.403. The SMILES string of the molecule is CC(=O)NC1=CC(C(=O)N2CCCCC2)C=CC1=Nc1cnn(C)c1N. The van der Waals surface area contributed by atoms with Gasteiger partial charge in [0.05, 0.1) is 23.5 Å². The Morgan fingerprint density at radius 3 is 2.65 bits per heavy atom. The van der Waals surface area contributed by atoms with Crippen LogP contribution in [0, 0.1) is 5.92 Å². The molecule has 3 N–H and O–H groups in total. The molecular weight excluding hydrogens is 332 g/mol. The number of allylic oxidation sites excluding steroid dienone is 1. The maximum absolute atomic E-state index is 12.8. The average Bonchev–Trinajstić information content (AvgIpc) is 2.95. The molecule has 1 aliphatic carbocycles. The molecule has 0 saturated carbocycles. The highest BCUT2D eigenvalue weighted by Crippen LogP contribution is 2.24. The molecule has 0 spiro atoms. The van der Waals surface area contributed by atoms with Crippen molar-refractivity contribution >= 4 is 29.0 Å². The molecule has 1 aliphatic heterocycles. The number of amides is 2. The van der Waals surface area contributed by atoms with E-state index in [9.17, 15) is 9.59 Å². The number of nitrogens with one attached hydrogen (secondary N) is 1. The lowest BCUT2D eigenvalue weighted by Crippen LogP contribution is -2.40. The zero-order chi connectivity index (χ0) is 18.7. The van der Waals surface area contributed by atoms with Gasteiger partial charge in [-0.2, -0.15) is 5.10 Å². The van der Waals surface area contributed by atoms with Gasteiger partial charge >= 0.3 is 0 Å². The lowest BCUT2D eigenvalue weighted by Gasteiger charge is -2.29. The van der Waals surface area contributed by atoms with E-state index in [2.05, 4.69) is 15.4 Å². The lowest BCUT2D eigenvalue weighted by atomic mass is 9.97. The van der Waals surface area contributed by atoms with Crippen LogP contribution < -0.4 is 11.1 Å². The van der Waals surface area contributed by atoms with Crippen LogP contribution in [0.5, 0.6) is 0 Å². The lowest BCUT2D eigenvalue weighted by molar-refractivity contribution is -0.133. The maximum Gasteiger partial charge on any atom is 0.233 e. The van der Waals surface area contributed by atoms with Crippen LogP contribution in [0.2, 0.25) is 0 Å². The van der Waals surface area contributed by atoms with Crippen molar-refractivity contribution < 1.29 is 9.59 Å². The van der Waals surface area contributed by atoms with Crippen molar-refractivity contribution in [1.82, 2.24) is 20.0 Å². The minimum Gasteiger partial charge on any atom is -0.382 e. The number of piperidine rings is 1. The second-order valence-corrected chi connectivity index (χ2v) is 6.57. The number of hydrogen-bond acceptors (Lipinski definition) is 5. The number of hydrogen-bond donors (Lipinski definition) is 2. The first-order chi connectivity index (χ1) is 12.5. The standard InChI is InChI=1S/C18H24N6O2/c1-12(25)21-15-10-13(18(26)24-8-4-3-5-9-24)6-7-14(15)22-16-11-20-23(2)17(16)19/h6-7,10-11,13H,3-5,8-9,19H2,1-2H3,(H,21,25). The van der Waals surface area contributed by atoms with Crippen molar-refractivity contribution in [3.63, 3.8) is 0 Å². The predicted octanol–water partition coefficient (Wildman–Crippen LogP) is 1.29. The third-order valence-electron chi connectivity index (χ3n) is 4.55. The molecule has 1 atom stereocenters. The van der Waals surface area contributed by atoms with Crippen LogP contribution in [0.1, 0.15) is 26.2 Å². The van der Waals surface area contributed by atoms with Gasteiger partial charge in [-0.1, -0.05) is 6.08 Å². The summed E-state index contributed by atoms with van der Waals surface area (Å²) in [7, 11) is 1.73. The first-order valence-electron chi connectivity index (χ1n) is 8.78. The third kappa shape index (κ3) is 3.84. The largest absolute Gasteiger partial charge is 0.382 e. The van der Waals surface area contributed by atoms with Crippen LogP contribution in [0.3, 0.4) is 0 Å². The number of aryl methyl sites for hydroxylation is 1. The van der Waals surface area contributed by atoms with Gasteiger partial charge in [0.15, 0.2) is 0 Å². The van der Waals surface area contributed by atoms with Gasteiger partial charge in [0.1, 0.15) is 11.5 Å². The number of carbonyl (C=O) groups excluding carboxylic acids is 2. The van der Waals surface area contributed by atoms with Crippen LogP contribution in [0.25, 0.3) is 0 Å². The fourth-order valence-corrected chi connectivity index (χ4v) is 3.13. The molecule has 2 aliphatic rings. The molecule has 2 amide bonds. The number of nitrogen functional groups attached to an aromatic ring is 1. The van der Waals surface area contributed by atoms with E-state index in [-0.39, 0.29) is 11.8 Å². The van der Waals surface area contributed by atoms with Crippen molar-refractivity contribution in [3.8, 4) is 0 Å². The van der Waals surface area contributed by atoms with Gasteiger partial charge in [-0.15, -0.1) is 0 Å². The Morgan fingerprint density at radius 1 is 1.31 bits per heavy atom. The van der Waals surface area contributed by atoms with E-state index in [0.29, 0.717) is 22.9 Å². The number of anilines is 1. The Labute approximate surface area is 152 Å². The minimum absolute atomic E-state index is 0.0590. The van der Waals surface area contributed by atoms with Gasteiger partial charge in [-0.3, -0.25) is 14.3 Å². The second-order valence-electron chi connectivity index (χ2n) is 6.57. The Morgan fingerprint density at radius 2 is 2.04 bits per heavy atom. The molecule has 0 aromatic carbocycles. The normalized spacial score (nSPS) is 21.6. The van der Waals surface area contributed by atoms with Gasteiger partial charge in [-0.05, 0) is 31.4 Å². The van der Waals surface area contributed by atoms with Gasteiger partial charge in [0, 0.05) is 27.1 Å². The molecule has 1 fully saturated rings. The molecule has 1 aromatic heterocycles. The number of likely N-dealkylation sites (tertiary alicyclic amines) is 1. The van der Waals surface area contributed by atoms with Crippen LogP contribution >= 0.6 is 0 Å². The quantitative estimate of drug-likeness (QED) is 0.851. The van der Waals surface area contributed by atoms with E-state index < -0.39 is 5.92 Å². The molecule has 0 radical (unpaired) electrons. The Bertz CT molecular complexity index is 799. The van der Waals surface area contributed by atoms with E-state index in [1.165, 1.54) is 18.0 Å². The summed E-state index contributed by atoms with van der Waals surface area (Å²) in [6.45, 7) is 3.01. The number of nitrogens with two attached hydrogens (primary N) is 1. The topological polar surface area (TPSA) is 106 Å². The second kappa shape index (κ2) is 7.55. The Hall–Kier alpha value is -2.90. The molecule has 8 nitrogen and oxygen atoms in total. The summed E-state index contributed by atoms with van der Waals surface area (Å²) >= 11 is 0. The molecule has 1 unspecified atom stereocenters. The first-order valence-corrected chi connectivity index (χ1v) is 8.78. The zero-order valence-corrected chi connectivity index (χ0v) is 15.1. The van der Waals surface area contributed by atoms with Crippen molar-refractivity contribution in [3.05, 3.63) is 30.1 Å². The molecule has 2 heterocycles. The van der Waals surface area contributed by atoms with Gasteiger partial charge in [0.2, 0.25) is 11.8 Å². The molecule has 138 valence electrons. The molecular formula is C18H24N6O2. The highest BCUT2D eigenvalue weighted by atomic mass is 16.2. The summed E-state index contributed by atoms with van der Waals surface area (Å²) < 4.78 is 1.52. The van der Waals surface area contributed by atoms with Crippen LogP contribution in [-0.4, -0.2) is 45.3 Å². The molecule has 1 saturated heterocycles. The van der Waals surface area contributed by atoms with Gasteiger partial charge < -0.3 is 16.0 Å². The Kier molecular flexibility index (Phi) is 5.20. The number of carbonyl (C=O) groups is 2. The summed E-state index contributed by atoms with van der Waals surface area (Å²) in [5.41, 5.74) is 7.52. The Balaban J connectivity index is 1.86. The summed E-state index contributed by atoms with van der Waals surface area (Å²) in [5.74, 6) is -0.133. The molecule has 1 aromatic rings. The van der Waals surface area contributed by atoms with Crippen molar-refractivity contribution in [2.75, 3.05) is 18.8 Å². The van der Waals surface area contributed by atoms with E-state index in [1.807, 2.05) is 11.0 Å². The average molecular weight is 356 g/mol. The monoisotopic (exact) mass is 356 g/mol. The molecule has 8 heteroatoms. The number of aliphatic imine (C=N–C) groups is 1. The summed E-state index contributed by atoms with van der Waals surface area (Å²) in [4.78, 5) is 30.7. The van der Waals surface area contributed by atoms with Crippen LogP contribution in [0.15, 0.2) is 35.1 Å². The van der Waals surface area contributed by atoms with Crippen molar-refractivity contribution in [2.24, 2.45) is 18.0 Å². The zero-order valence-electron chi connectivity index (χ0n) is 15.1. The first kappa shape index (κ1) is 17.9. The van der Waals surface area contributed by atoms with Crippen molar-refractivity contribution in [1.29, 1.82) is 0 Å². The number of aromatic nitrogens is 2. The van der Waals surface area contributed by atoms with Crippen LogP contribution in [0.4, 0.5) is 11.5 Å². The van der Waals surface area contributed by atoms with Crippen molar-refractivity contribution in [2.45, 2.75) is 26.2 Å². The molecule has 26 heavy (non-hydrogen) atoms. The highest BCUT2D eigenvalue weighted by molar-refractivity contribution is 6.13. The fourth-order valence-electron chi connectivity index (χ4n) is 3.13. The number of nitrogens with zero attached hydrogens (tertiary/aromatic N) is 4. The summed E-state index contributed by atoms with van der Waals surface area (Å²) in [6.07, 6.45) is 10.1. The highest BCUT2D eigenvalue weighted by Gasteiger charge is 2.26. The van der Waals surface area contributed by atoms with Crippen LogP contribution in [-0.2, 0) is 16.6 Å². The molecule has 3 rings (SSSR count).